The first kappa shape index (κ1) is 17.0. The first-order valence-corrected chi connectivity index (χ1v) is 9.94. The van der Waals surface area contributed by atoms with Crippen LogP contribution in [-0.2, 0) is 6.42 Å². The molecule has 0 aliphatic carbocycles. The van der Waals surface area contributed by atoms with Crippen LogP contribution in [0, 0.1) is 0 Å². The molecule has 4 heterocycles. The third-order valence-electron chi connectivity index (χ3n) is 5.73. The van der Waals surface area contributed by atoms with Gasteiger partial charge >= 0.3 is 0 Å². The molecule has 0 radical (unpaired) electrons. The molecule has 28 heavy (non-hydrogen) atoms. The summed E-state index contributed by atoms with van der Waals surface area (Å²) in [5.74, 6) is 1.14. The zero-order chi connectivity index (χ0) is 19.1. The van der Waals surface area contributed by atoms with E-state index in [-0.39, 0.29) is 5.91 Å². The Morgan fingerprint density at radius 2 is 1.93 bits per heavy atom. The smallest absolute Gasteiger partial charge is 0.272 e. The number of pyridine rings is 1. The minimum Gasteiger partial charge on any atom is -0.346 e. The number of benzene rings is 1. The number of H-pyrrole nitrogens is 1. The van der Waals surface area contributed by atoms with Gasteiger partial charge in [0.05, 0.1) is 11.0 Å². The molecule has 0 atom stereocenters. The topological polar surface area (TPSA) is 66.8 Å². The van der Waals surface area contributed by atoms with E-state index in [9.17, 15) is 4.79 Å². The molecule has 142 valence electrons. The van der Waals surface area contributed by atoms with E-state index in [1.165, 1.54) is 5.52 Å². The fourth-order valence-electron chi connectivity index (χ4n) is 4.29. The number of para-hydroxylation sites is 2. The van der Waals surface area contributed by atoms with Crippen molar-refractivity contribution in [3.8, 4) is 0 Å². The zero-order valence-corrected chi connectivity index (χ0v) is 15.9. The molecule has 0 bridgehead atoms. The van der Waals surface area contributed by atoms with Crippen LogP contribution in [0.25, 0.3) is 22.1 Å². The van der Waals surface area contributed by atoms with Gasteiger partial charge in [-0.3, -0.25) is 4.79 Å². The van der Waals surface area contributed by atoms with Crippen molar-refractivity contribution in [2.24, 2.45) is 0 Å². The number of rotatable bonds is 3. The Kier molecular flexibility index (Phi) is 4.11. The number of hydrogen-bond donors (Lipinski definition) is 1. The maximum Gasteiger partial charge on any atom is 0.272 e. The number of piperidine rings is 1. The first-order chi connectivity index (χ1) is 13.7. The van der Waals surface area contributed by atoms with Crippen LogP contribution >= 0.6 is 0 Å². The summed E-state index contributed by atoms with van der Waals surface area (Å²) in [4.78, 5) is 27.2. The predicted octanol–water partition coefficient (Wildman–Crippen LogP) is 3.95. The highest BCUT2D eigenvalue weighted by Crippen LogP contribution is 2.29. The van der Waals surface area contributed by atoms with Gasteiger partial charge in [0, 0.05) is 37.1 Å². The van der Waals surface area contributed by atoms with Gasteiger partial charge in [-0.15, -0.1) is 0 Å². The van der Waals surface area contributed by atoms with Crippen LogP contribution in [0.1, 0.15) is 42.1 Å². The average Bonchev–Trinajstić information content (AvgIpc) is 3.36. The molecule has 0 spiro atoms. The van der Waals surface area contributed by atoms with E-state index in [2.05, 4.69) is 39.7 Å². The van der Waals surface area contributed by atoms with Crippen LogP contribution in [0.3, 0.4) is 0 Å². The van der Waals surface area contributed by atoms with Crippen LogP contribution in [0.2, 0.25) is 0 Å². The van der Waals surface area contributed by atoms with E-state index in [1.807, 2.05) is 35.4 Å². The van der Waals surface area contributed by atoms with Crippen LogP contribution in [-0.4, -0.2) is 43.4 Å². The summed E-state index contributed by atoms with van der Waals surface area (Å²) in [5, 5.41) is 1.02. The molecular weight excluding hydrogens is 350 g/mol. The summed E-state index contributed by atoms with van der Waals surface area (Å²) >= 11 is 0. The number of imidazole rings is 1. The van der Waals surface area contributed by atoms with Crippen LogP contribution in [0.4, 0.5) is 0 Å². The van der Waals surface area contributed by atoms with E-state index < -0.39 is 0 Å². The van der Waals surface area contributed by atoms with E-state index in [4.69, 9.17) is 4.98 Å². The van der Waals surface area contributed by atoms with Gasteiger partial charge < -0.3 is 14.5 Å². The Morgan fingerprint density at radius 3 is 2.75 bits per heavy atom. The summed E-state index contributed by atoms with van der Waals surface area (Å²) in [6, 6.07) is 14.4. The van der Waals surface area contributed by atoms with Gasteiger partial charge in [-0.25, -0.2) is 9.97 Å². The monoisotopic (exact) mass is 373 g/mol. The molecule has 1 aliphatic heterocycles. The van der Waals surface area contributed by atoms with Crippen molar-refractivity contribution in [1.29, 1.82) is 0 Å². The third-order valence-corrected chi connectivity index (χ3v) is 5.73. The van der Waals surface area contributed by atoms with Gasteiger partial charge in [-0.1, -0.05) is 19.1 Å². The molecule has 1 N–H and O–H groups in total. The average molecular weight is 373 g/mol. The van der Waals surface area contributed by atoms with Gasteiger partial charge in [0.1, 0.15) is 17.2 Å². The number of aromatic amines is 1. The zero-order valence-electron chi connectivity index (χ0n) is 15.9. The summed E-state index contributed by atoms with van der Waals surface area (Å²) in [7, 11) is 0. The Morgan fingerprint density at radius 1 is 1.11 bits per heavy atom. The number of carbonyl (C=O) groups is 1. The third kappa shape index (κ3) is 2.76. The Hall–Kier alpha value is -3.15. The van der Waals surface area contributed by atoms with Crippen molar-refractivity contribution in [2.75, 3.05) is 13.1 Å². The van der Waals surface area contributed by atoms with Crippen LogP contribution < -0.4 is 0 Å². The number of nitrogens with one attached hydrogen (secondary N) is 1. The fourth-order valence-corrected chi connectivity index (χ4v) is 4.29. The molecule has 0 unspecified atom stereocenters. The van der Waals surface area contributed by atoms with Crippen molar-refractivity contribution >= 4 is 28.0 Å². The number of aryl methyl sites for hydroxylation is 1. The molecule has 3 aromatic heterocycles. The van der Waals surface area contributed by atoms with Crippen LogP contribution in [0.15, 0.2) is 48.7 Å². The fraction of sp³-hybridized carbons (Fsp3) is 0.318. The van der Waals surface area contributed by atoms with Gasteiger partial charge in [0.2, 0.25) is 0 Å². The predicted molar refractivity (Wildman–Crippen MR) is 109 cm³/mol. The number of fused-ring (bicyclic) bond motifs is 2. The maximum absolute atomic E-state index is 12.9. The van der Waals surface area contributed by atoms with Crippen molar-refractivity contribution < 1.29 is 4.79 Å². The van der Waals surface area contributed by atoms with Crippen LogP contribution in [0.5, 0.6) is 0 Å². The largest absolute Gasteiger partial charge is 0.346 e. The van der Waals surface area contributed by atoms with E-state index >= 15 is 0 Å². The lowest BCUT2D eigenvalue weighted by atomic mass is 10.0. The SMILES string of the molecule is CCc1nc2ccccc2n1C1CCN(C(=O)c2ccc3cc[nH]c3n2)CC1. The van der Waals surface area contributed by atoms with Crippen molar-refractivity contribution in [3.05, 3.63) is 60.2 Å². The molecule has 1 aliphatic rings. The minimum absolute atomic E-state index is 0.0150. The lowest BCUT2D eigenvalue weighted by Crippen LogP contribution is -2.39. The first-order valence-electron chi connectivity index (χ1n) is 9.94. The summed E-state index contributed by atoms with van der Waals surface area (Å²) in [5.41, 5.74) is 3.53. The lowest BCUT2D eigenvalue weighted by Gasteiger charge is -2.33. The second kappa shape index (κ2) is 6.78. The highest BCUT2D eigenvalue weighted by atomic mass is 16.2. The molecule has 4 aromatic rings. The molecular formula is C22H23N5O. The van der Waals surface area contributed by atoms with Crippen molar-refractivity contribution in [1.82, 2.24) is 24.4 Å². The lowest BCUT2D eigenvalue weighted by molar-refractivity contribution is 0.0689. The van der Waals surface area contributed by atoms with Gasteiger partial charge in [0.15, 0.2) is 0 Å². The Balaban J connectivity index is 1.36. The molecule has 1 aromatic carbocycles. The second-order valence-corrected chi connectivity index (χ2v) is 7.38. The second-order valence-electron chi connectivity index (χ2n) is 7.38. The van der Waals surface area contributed by atoms with E-state index in [1.54, 1.807) is 0 Å². The van der Waals surface area contributed by atoms with E-state index in [0.717, 1.165) is 54.7 Å². The highest BCUT2D eigenvalue weighted by molar-refractivity contribution is 5.94. The number of likely N-dealkylation sites (tertiary alicyclic amines) is 1. The molecule has 1 amide bonds. The molecule has 6 nitrogen and oxygen atoms in total. The Bertz CT molecular complexity index is 1150. The van der Waals surface area contributed by atoms with Gasteiger partial charge in [-0.05, 0) is 43.2 Å². The molecule has 1 saturated heterocycles. The molecule has 0 saturated carbocycles. The number of nitrogens with zero attached hydrogens (tertiary/aromatic N) is 4. The van der Waals surface area contributed by atoms with Gasteiger partial charge in [0.25, 0.3) is 5.91 Å². The number of aromatic nitrogens is 4. The molecule has 6 heteroatoms. The molecule has 1 fully saturated rings. The quantitative estimate of drug-likeness (QED) is 0.591. The standard InChI is InChI=1S/C22H23N5O/c1-2-20-24-17-5-3-4-6-19(17)27(20)16-10-13-26(14-11-16)22(28)18-8-7-15-9-12-23-21(15)25-18/h3-9,12,16H,2,10-11,13-14H2,1H3,(H,23,25). The normalized spacial score (nSPS) is 15.5. The number of hydrogen-bond acceptors (Lipinski definition) is 3. The number of amides is 1. The summed E-state index contributed by atoms with van der Waals surface area (Å²) < 4.78 is 2.39. The minimum atomic E-state index is 0.0150. The summed E-state index contributed by atoms with van der Waals surface area (Å²) in [6.45, 7) is 3.63. The van der Waals surface area contributed by atoms with E-state index in [0.29, 0.717) is 11.7 Å². The van der Waals surface area contributed by atoms with Crippen molar-refractivity contribution in [2.45, 2.75) is 32.2 Å². The Labute approximate surface area is 163 Å². The van der Waals surface area contributed by atoms with Crippen molar-refractivity contribution in [3.63, 3.8) is 0 Å². The summed E-state index contributed by atoms with van der Waals surface area (Å²) in [6.07, 6.45) is 4.62. The molecule has 5 rings (SSSR count). The highest BCUT2D eigenvalue weighted by Gasteiger charge is 2.27. The van der Waals surface area contributed by atoms with Gasteiger partial charge in [-0.2, -0.15) is 0 Å². The number of carbonyl (C=O) groups excluding carboxylic acids is 1. The maximum atomic E-state index is 12.9.